The summed E-state index contributed by atoms with van der Waals surface area (Å²) in [5.41, 5.74) is 5.54. The maximum atomic E-state index is 12.3. The van der Waals surface area contributed by atoms with Gasteiger partial charge in [-0.1, -0.05) is 45.0 Å². The van der Waals surface area contributed by atoms with Crippen molar-refractivity contribution in [1.29, 1.82) is 0 Å². The van der Waals surface area contributed by atoms with Crippen LogP contribution in [0.25, 0.3) is 22.6 Å². The molecular formula is C22H25N3O. The zero-order chi connectivity index (χ0) is 19.1. The number of hydrogen-bond acceptors (Lipinski definition) is 3. The van der Waals surface area contributed by atoms with Gasteiger partial charge in [-0.25, -0.2) is 0 Å². The molecule has 4 nitrogen and oxygen atoms in total. The van der Waals surface area contributed by atoms with Crippen molar-refractivity contribution >= 4 is 0 Å². The van der Waals surface area contributed by atoms with Gasteiger partial charge in [-0.3, -0.25) is 9.78 Å². The smallest absolute Gasteiger partial charge is 0.273 e. The van der Waals surface area contributed by atoms with Crippen LogP contribution in [0.4, 0.5) is 0 Å². The predicted octanol–water partition coefficient (Wildman–Crippen LogP) is 4.42. The molecule has 0 amide bonds. The Kier molecular flexibility index (Phi) is 4.53. The summed E-state index contributed by atoms with van der Waals surface area (Å²) in [6.07, 6.45) is 0. The number of benzene rings is 1. The molecule has 0 unspecified atom stereocenters. The van der Waals surface area contributed by atoms with Gasteiger partial charge in [0.15, 0.2) is 0 Å². The van der Waals surface area contributed by atoms with Gasteiger partial charge >= 0.3 is 0 Å². The van der Waals surface area contributed by atoms with E-state index in [1.54, 1.807) is 6.07 Å². The summed E-state index contributed by atoms with van der Waals surface area (Å²) >= 11 is 0. The lowest BCUT2D eigenvalue weighted by Gasteiger charge is -2.20. The molecular weight excluding hydrogens is 322 g/mol. The highest BCUT2D eigenvalue weighted by atomic mass is 16.1. The molecule has 3 rings (SSSR count). The lowest BCUT2D eigenvalue weighted by molar-refractivity contribution is 0.567. The van der Waals surface area contributed by atoms with Crippen LogP contribution in [0.1, 0.15) is 37.7 Å². The third kappa shape index (κ3) is 3.32. The van der Waals surface area contributed by atoms with Gasteiger partial charge in [-0.05, 0) is 31.5 Å². The molecule has 0 spiro atoms. The van der Waals surface area contributed by atoms with E-state index >= 15 is 0 Å². The van der Waals surface area contributed by atoms with E-state index in [9.17, 15) is 4.79 Å². The molecule has 0 saturated carbocycles. The van der Waals surface area contributed by atoms with Gasteiger partial charge in [-0.2, -0.15) is 4.98 Å². The van der Waals surface area contributed by atoms with Crippen LogP contribution in [0.5, 0.6) is 0 Å². The molecule has 134 valence electrons. The lowest BCUT2D eigenvalue weighted by atomic mass is 9.91. The number of rotatable bonds is 2. The van der Waals surface area contributed by atoms with Crippen molar-refractivity contribution in [2.45, 2.75) is 40.0 Å². The van der Waals surface area contributed by atoms with Crippen LogP contribution in [0.3, 0.4) is 0 Å². The summed E-state index contributed by atoms with van der Waals surface area (Å²) in [7, 11) is 1.95. The third-order valence-electron chi connectivity index (χ3n) is 4.67. The summed E-state index contributed by atoms with van der Waals surface area (Å²) in [6.45, 7) is 10.4. The van der Waals surface area contributed by atoms with Crippen LogP contribution in [-0.2, 0) is 12.5 Å². The number of hydrogen-bond donors (Lipinski definition) is 0. The van der Waals surface area contributed by atoms with Gasteiger partial charge in [0.25, 0.3) is 5.56 Å². The van der Waals surface area contributed by atoms with E-state index in [1.165, 1.54) is 0 Å². The van der Waals surface area contributed by atoms with E-state index in [0.717, 1.165) is 33.8 Å². The van der Waals surface area contributed by atoms with Crippen molar-refractivity contribution in [2.24, 2.45) is 7.05 Å². The molecule has 2 heterocycles. The molecule has 0 aliphatic rings. The van der Waals surface area contributed by atoms with Crippen molar-refractivity contribution in [3.05, 3.63) is 69.8 Å². The number of aromatic nitrogens is 3. The molecule has 0 radical (unpaired) electrons. The molecule has 0 aliphatic heterocycles. The Morgan fingerprint density at radius 3 is 2.23 bits per heavy atom. The van der Waals surface area contributed by atoms with Gasteiger partial charge in [0.1, 0.15) is 5.82 Å². The molecule has 1 aromatic carbocycles. The summed E-state index contributed by atoms with van der Waals surface area (Å²) in [4.78, 5) is 21.3. The first-order valence-corrected chi connectivity index (χ1v) is 8.81. The first kappa shape index (κ1) is 18.1. The molecule has 4 heteroatoms. The van der Waals surface area contributed by atoms with E-state index in [2.05, 4.69) is 25.8 Å². The van der Waals surface area contributed by atoms with E-state index in [0.29, 0.717) is 5.82 Å². The quantitative estimate of drug-likeness (QED) is 0.689. The normalized spacial score (nSPS) is 11.6. The van der Waals surface area contributed by atoms with Crippen LogP contribution in [0.2, 0.25) is 0 Å². The van der Waals surface area contributed by atoms with Crippen LogP contribution >= 0.6 is 0 Å². The molecule has 0 bridgehead atoms. The Balaban J connectivity index is 2.22. The fourth-order valence-corrected chi connectivity index (χ4v) is 3.11. The average molecular weight is 347 g/mol. The molecule has 0 fully saturated rings. The Bertz CT molecular complexity index is 1030. The fraction of sp³-hybridized carbons (Fsp3) is 0.318. The van der Waals surface area contributed by atoms with Gasteiger partial charge in [-0.15, -0.1) is 0 Å². The van der Waals surface area contributed by atoms with Crippen LogP contribution in [0.15, 0.2) is 47.3 Å². The Labute approximate surface area is 154 Å². The third-order valence-corrected chi connectivity index (χ3v) is 4.67. The summed E-state index contributed by atoms with van der Waals surface area (Å²) in [6, 6.07) is 13.7. The van der Waals surface area contributed by atoms with Crippen LogP contribution in [0, 0.1) is 13.8 Å². The maximum Gasteiger partial charge on any atom is 0.273 e. The molecule has 0 N–H and O–H groups in total. The summed E-state index contributed by atoms with van der Waals surface area (Å²) < 4.78 is 1.98. The minimum Gasteiger partial charge on any atom is -0.328 e. The van der Waals surface area contributed by atoms with Crippen molar-refractivity contribution < 1.29 is 0 Å². The van der Waals surface area contributed by atoms with Gasteiger partial charge in [0, 0.05) is 41.0 Å². The molecule has 26 heavy (non-hydrogen) atoms. The number of pyridine rings is 1. The Morgan fingerprint density at radius 2 is 1.62 bits per heavy atom. The highest BCUT2D eigenvalue weighted by molar-refractivity contribution is 5.68. The maximum absolute atomic E-state index is 12.3. The fourth-order valence-electron chi connectivity index (χ4n) is 3.11. The Morgan fingerprint density at radius 1 is 0.923 bits per heavy atom. The van der Waals surface area contributed by atoms with Crippen molar-refractivity contribution in [3.63, 3.8) is 0 Å². The lowest BCUT2D eigenvalue weighted by Crippen LogP contribution is -2.17. The van der Waals surface area contributed by atoms with Gasteiger partial charge in [0.05, 0.1) is 5.69 Å². The van der Waals surface area contributed by atoms with Crippen molar-refractivity contribution in [1.82, 2.24) is 14.5 Å². The second-order valence-electron chi connectivity index (χ2n) is 7.76. The molecule has 3 aromatic rings. The van der Waals surface area contributed by atoms with E-state index < -0.39 is 0 Å². The zero-order valence-electron chi connectivity index (χ0n) is 16.3. The monoisotopic (exact) mass is 347 g/mol. The van der Waals surface area contributed by atoms with Crippen LogP contribution in [-0.4, -0.2) is 14.5 Å². The predicted molar refractivity (Wildman–Crippen MR) is 106 cm³/mol. The zero-order valence-corrected chi connectivity index (χ0v) is 16.3. The van der Waals surface area contributed by atoms with Gasteiger partial charge < -0.3 is 4.57 Å². The minimum atomic E-state index is -0.240. The molecule has 0 aliphatic carbocycles. The SMILES string of the molecule is Cc1ccccc1-c1cc(=O)nc(-c2ccc(C(C)(C)C)nc2C)n1C. The molecule has 0 saturated heterocycles. The largest absolute Gasteiger partial charge is 0.328 e. The highest BCUT2D eigenvalue weighted by Crippen LogP contribution is 2.28. The number of aryl methyl sites for hydroxylation is 2. The van der Waals surface area contributed by atoms with Gasteiger partial charge in [0.2, 0.25) is 0 Å². The van der Waals surface area contributed by atoms with E-state index in [-0.39, 0.29) is 11.0 Å². The number of nitrogens with zero attached hydrogens (tertiary/aromatic N) is 3. The summed E-state index contributed by atoms with van der Waals surface area (Å²) in [5, 5.41) is 0. The molecule has 2 aromatic heterocycles. The average Bonchev–Trinajstić information content (AvgIpc) is 2.56. The molecule has 0 atom stereocenters. The van der Waals surface area contributed by atoms with E-state index in [1.807, 2.05) is 61.9 Å². The van der Waals surface area contributed by atoms with Crippen molar-refractivity contribution in [2.75, 3.05) is 0 Å². The van der Waals surface area contributed by atoms with E-state index in [4.69, 9.17) is 4.98 Å². The first-order valence-electron chi connectivity index (χ1n) is 8.81. The minimum absolute atomic E-state index is 0.0222. The topological polar surface area (TPSA) is 47.8 Å². The standard InChI is InChI=1S/C22H25N3O/c1-14-9-7-8-10-16(14)18-13-20(26)24-21(25(18)6)17-11-12-19(22(3,4)5)23-15(17)2/h7-13H,1-6H3. The van der Waals surface area contributed by atoms with Crippen molar-refractivity contribution in [3.8, 4) is 22.6 Å². The second-order valence-corrected chi connectivity index (χ2v) is 7.76. The first-order chi connectivity index (χ1) is 12.2. The highest BCUT2D eigenvalue weighted by Gasteiger charge is 2.19. The summed E-state index contributed by atoms with van der Waals surface area (Å²) in [5.74, 6) is 0.640. The van der Waals surface area contributed by atoms with Crippen LogP contribution < -0.4 is 5.56 Å². The Hall–Kier alpha value is -2.75. The second kappa shape index (κ2) is 6.52.